The van der Waals surface area contributed by atoms with Gasteiger partial charge in [0.15, 0.2) is 0 Å². The van der Waals surface area contributed by atoms with Crippen molar-refractivity contribution in [3.8, 4) is 0 Å². The predicted octanol–water partition coefficient (Wildman–Crippen LogP) is 1.01. The number of carboxylic acids is 1. The molecule has 1 aliphatic rings. The Balaban J connectivity index is 2.03. The number of carboxylic acid groups (broad SMARTS) is 1. The fraction of sp³-hybridized carbons (Fsp3) is 0.357. The normalized spacial score (nSPS) is 17.9. The van der Waals surface area contributed by atoms with E-state index in [0.717, 1.165) is 10.5 Å². The van der Waals surface area contributed by atoms with E-state index in [4.69, 9.17) is 5.11 Å². The quantitative estimate of drug-likeness (QED) is 0.789. The van der Waals surface area contributed by atoms with Gasteiger partial charge in [-0.25, -0.2) is 4.79 Å². The molecule has 0 spiro atoms. The van der Waals surface area contributed by atoms with Gasteiger partial charge in [-0.1, -0.05) is 17.7 Å². The topological polar surface area (TPSA) is 86.7 Å². The van der Waals surface area contributed by atoms with Crippen LogP contribution in [-0.2, 0) is 14.4 Å². The molecule has 0 aliphatic carbocycles. The van der Waals surface area contributed by atoms with E-state index < -0.39 is 23.8 Å². The molecule has 1 aromatic carbocycles. The van der Waals surface area contributed by atoms with Crippen molar-refractivity contribution in [2.45, 2.75) is 25.8 Å². The molecule has 1 atom stereocenters. The summed E-state index contributed by atoms with van der Waals surface area (Å²) in [7, 11) is 0. The molecule has 2 rings (SSSR count). The van der Waals surface area contributed by atoms with Gasteiger partial charge in [-0.3, -0.25) is 9.59 Å². The average Bonchev–Trinajstić information content (AvgIpc) is 2.90. The van der Waals surface area contributed by atoms with Crippen LogP contribution in [0.2, 0.25) is 0 Å². The fourth-order valence-corrected chi connectivity index (χ4v) is 2.22. The average molecular weight is 276 g/mol. The number of likely N-dealkylation sites (tertiary alicyclic amines) is 1. The van der Waals surface area contributed by atoms with E-state index in [-0.39, 0.29) is 0 Å². The van der Waals surface area contributed by atoms with Crippen LogP contribution in [0.1, 0.15) is 18.4 Å². The summed E-state index contributed by atoms with van der Waals surface area (Å²) < 4.78 is 0. The van der Waals surface area contributed by atoms with Crippen molar-refractivity contribution in [3.05, 3.63) is 29.8 Å². The first-order valence-corrected chi connectivity index (χ1v) is 6.40. The van der Waals surface area contributed by atoms with Gasteiger partial charge in [0.1, 0.15) is 6.04 Å². The molecule has 6 nitrogen and oxygen atoms in total. The van der Waals surface area contributed by atoms with Gasteiger partial charge in [-0.15, -0.1) is 0 Å². The minimum atomic E-state index is -1.07. The molecule has 0 aromatic heterocycles. The Kier molecular flexibility index (Phi) is 4.02. The summed E-state index contributed by atoms with van der Waals surface area (Å²) in [5, 5.41) is 11.5. The maximum Gasteiger partial charge on any atom is 0.326 e. The summed E-state index contributed by atoms with van der Waals surface area (Å²) in [6, 6.07) is 6.12. The van der Waals surface area contributed by atoms with Gasteiger partial charge in [0.05, 0.1) is 0 Å². The first-order chi connectivity index (χ1) is 9.49. The van der Waals surface area contributed by atoms with Gasteiger partial charge in [-0.05, 0) is 31.9 Å². The second kappa shape index (κ2) is 5.73. The molecule has 0 saturated carbocycles. The highest BCUT2D eigenvalue weighted by atomic mass is 16.4. The van der Waals surface area contributed by atoms with Crippen molar-refractivity contribution in [1.29, 1.82) is 0 Å². The largest absolute Gasteiger partial charge is 0.480 e. The Hall–Kier alpha value is -2.37. The maximum atomic E-state index is 12.0. The lowest BCUT2D eigenvalue weighted by atomic mass is 10.2. The Morgan fingerprint density at radius 3 is 2.50 bits per heavy atom. The third-order valence-corrected chi connectivity index (χ3v) is 3.30. The Morgan fingerprint density at radius 2 is 1.90 bits per heavy atom. The lowest BCUT2D eigenvalue weighted by Gasteiger charge is -2.20. The number of anilines is 1. The second-order valence-corrected chi connectivity index (χ2v) is 4.81. The van der Waals surface area contributed by atoms with Gasteiger partial charge < -0.3 is 15.3 Å². The number of hydrogen-bond donors (Lipinski definition) is 2. The zero-order valence-electron chi connectivity index (χ0n) is 11.1. The Labute approximate surface area is 116 Å². The van der Waals surface area contributed by atoms with Crippen LogP contribution in [0.5, 0.6) is 0 Å². The molecule has 0 bridgehead atoms. The zero-order valence-corrected chi connectivity index (χ0v) is 11.1. The van der Waals surface area contributed by atoms with Gasteiger partial charge in [-0.2, -0.15) is 0 Å². The first-order valence-electron chi connectivity index (χ1n) is 6.40. The lowest BCUT2D eigenvalue weighted by molar-refractivity contribution is -0.151. The number of benzene rings is 1. The summed E-state index contributed by atoms with van der Waals surface area (Å²) >= 11 is 0. The molecule has 1 unspecified atom stereocenters. The van der Waals surface area contributed by atoms with E-state index >= 15 is 0 Å². The van der Waals surface area contributed by atoms with Crippen molar-refractivity contribution in [2.75, 3.05) is 11.9 Å². The molecule has 2 amide bonds. The molecule has 1 heterocycles. The molecular formula is C14H16N2O4. The molecule has 106 valence electrons. The number of hydrogen-bond acceptors (Lipinski definition) is 3. The van der Waals surface area contributed by atoms with Crippen LogP contribution in [-0.4, -0.2) is 40.4 Å². The molecule has 6 heteroatoms. The van der Waals surface area contributed by atoms with Gasteiger partial charge in [0, 0.05) is 12.2 Å². The molecule has 1 aliphatic heterocycles. The van der Waals surface area contributed by atoms with Crippen LogP contribution in [0.15, 0.2) is 24.3 Å². The van der Waals surface area contributed by atoms with E-state index in [9.17, 15) is 14.4 Å². The van der Waals surface area contributed by atoms with Crippen molar-refractivity contribution < 1.29 is 19.5 Å². The van der Waals surface area contributed by atoms with Crippen molar-refractivity contribution in [2.24, 2.45) is 0 Å². The van der Waals surface area contributed by atoms with E-state index in [1.807, 2.05) is 19.1 Å². The number of carbonyl (C=O) groups is 3. The zero-order chi connectivity index (χ0) is 14.7. The third-order valence-electron chi connectivity index (χ3n) is 3.30. The van der Waals surface area contributed by atoms with Crippen LogP contribution in [0, 0.1) is 6.92 Å². The minimum absolute atomic E-state index is 0.303. The van der Waals surface area contributed by atoms with Gasteiger partial charge in [0.25, 0.3) is 0 Å². The monoisotopic (exact) mass is 276 g/mol. The SMILES string of the molecule is Cc1ccc(NC(=O)C(=O)N2CCCC2C(=O)O)cc1. The van der Waals surface area contributed by atoms with Crippen molar-refractivity contribution >= 4 is 23.5 Å². The lowest BCUT2D eigenvalue weighted by Crippen LogP contribution is -2.45. The number of carbonyl (C=O) groups excluding carboxylic acids is 2. The molecule has 1 fully saturated rings. The highest BCUT2D eigenvalue weighted by Crippen LogP contribution is 2.18. The summed E-state index contributed by atoms with van der Waals surface area (Å²) in [6.45, 7) is 2.22. The number of nitrogens with one attached hydrogen (secondary N) is 1. The number of rotatable bonds is 2. The van der Waals surface area contributed by atoms with E-state index in [1.165, 1.54) is 0 Å². The van der Waals surface area contributed by atoms with Crippen LogP contribution in [0.3, 0.4) is 0 Å². The van der Waals surface area contributed by atoms with Crippen molar-refractivity contribution in [1.82, 2.24) is 4.90 Å². The number of nitrogens with zero attached hydrogens (tertiary/aromatic N) is 1. The second-order valence-electron chi connectivity index (χ2n) is 4.81. The van der Waals surface area contributed by atoms with Crippen molar-refractivity contribution in [3.63, 3.8) is 0 Å². The highest BCUT2D eigenvalue weighted by Gasteiger charge is 2.36. The van der Waals surface area contributed by atoms with Crippen LogP contribution >= 0.6 is 0 Å². The first kappa shape index (κ1) is 14.0. The smallest absolute Gasteiger partial charge is 0.326 e. The Bertz CT molecular complexity index is 539. The molecule has 1 aromatic rings. The molecule has 2 N–H and O–H groups in total. The highest BCUT2D eigenvalue weighted by molar-refractivity contribution is 6.39. The van der Waals surface area contributed by atoms with Crippen LogP contribution in [0.4, 0.5) is 5.69 Å². The number of amides is 2. The minimum Gasteiger partial charge on any atom is -0.480 e. The van der Waals surface area contributed by atoms with E-state index in [1.54, 1.807) is 12.1 Å². The molecule has 0 radical (unpaired) electrons. The third kappa shape index (κ3) is 2.96. The van der Waals surface area contributed by atoms with Crippen LogP contribution in [0.25, 0.3) is 0 Å². The maximum absolute atomic E-state index is 12.0. The van der Waals surface area contributed by atoms with E-state index in [2.05, 4.69) is 5.32 Å². The van der Waals surface area contributed by atoms with Crippen LogP contribution < -0.4 is 5.32 Å². The summed E-state index contributed by atoms with van der Waals surface area (Å²) in [5.41, 5.74) is 1.56. The fourth-order valence-electron chi connectivity index (χ4n) is 2.22. The Morgan fingerprint density at radius 1 is 1.25 bits per heavy atom. The van der Waals surface area contributed by atoms with Gasteiger partial charge >= 0.3 is 17.8 Å². The molecular weight excluding hydrogens is 260 g/mol. The number of aliphatic carboxylic acids is 1. The summed E-state index contributed by atoms with van der Waals surface area (Å²) in [5.74, 6) is -2.67. The summed E-state index contributed by atoms with van der Waals surface area (Å²) in [6.07, 6.45) is 0.986. The van der Waals surface area contributed by atoms with E-state index in [0.29, 0.717) is 25.1 Å². The molecule has 1 saturated heterocycles. The predicted molar refractivity (Wildman–Crippen MR) is 72.2 cm³/mol. The molecule has 20 heavy (non-hydrogen) atoms. The van der Waals surface area contributed by atoms with Gasteiger partial charge in [0.2, 0.25) is 0 Å². The number of aryl methyl sites for hydroxylation is 1. The summed E-state index contributed by atoms with van der Waals surface area (Å²) in [4.78, 5) is 36.0. The standard InChI is InChI=1S/C14H16N2O4/c1-9-4-6-10(7-5-9)15-12(17)13(18)16-8-2-3-11(16)14(19)20/h4-7,11H,2-3,8H2,1H3,(H,15,17)(H,19,20).